The van der Waals surface area contributed by atoms with Crippen LogP contribution in [0.25, 0.3) is 0 Å². The second kappa shape index (κ2) is 5.45. The third-order valence-corrected chi connectivity index (χ3v) is 3.65. The van der Waals surface area contributed by atoms with Gasteiger partial charge in [-0.3, -0.25) is 4.79 Å². The predicted molar refractivity (Wildman–Crippen MR) is 78.6 cm³/mol. The number of primary amides is 1. The zero-order valence-electron chi connectivity index (χ0n) is 10.7. The predicted octanol–water partition coefficient (Wildman–Crippen LogP) is 3.96. The number of nitrogens with two attached hydrogens (primary N) is 1. The monoisotopic (exact) mass is 319 g/mol. The van der Waals surface area contributed by atoms with Gasteiger partial charge in [0.2, 0.25) is 0 Å². The first-order valence-electron chi connectivity index (χ1n) is 5.82. The Morgan fingerprint density at radius 3 is 2.53 bits per heavy atom. The molecular weight excluding hydrogens is 306 g/mol. The van der Waals surface area contributed by atoms with Crippen molar-refractivity contribution in [1.82, 2.24) is 0 Å². The van der Waals surface area contributed by atoms with Crippen molar-refractivity contribution in [2.24, 2.45) is 5.73 Å². The maximum atomic E-state index is 11.4. The van der Waals surface area contributed by atoms with Crippen LogP contribution in [0.4, 0.5) is 0 Å². The smallest absolute Gasteiger partial charge is 0.252 e. The van der Waals surface area contributed by atoms with E-state index in [2.05, 4.69) is 15.9 Å². The molecule has 0 radical (unpaired) electrons. The van der Waals surface area contributed by atoms with Gasteiger partial charge in [0.05, 0.1) is 5.56 Å². The first-order valence-corrected chi connectivity index (χ1v) is 6.61. The molecule has 2 rings (SSSR count). The summed E-state index contributed by atoms with van der Waals surface area (Å²) in [7, 11) is 0. The van der Waals surface area contributed by atoms with Crippen molar-refractivity contribution < 1.29 is 9.53 Å². The van der Waals surface area contributed by atoms with Gasteiger partial charge in [-0.1, -0.05) is 22.0 Å². The van der Waals surface area contributed by atoms with Crippen LogP contribution < -0.4 is 10.5 Å². The van der Waals surface area contributed by atoms with Gasteiger partial charge in [-0.2, -0.15) is 0 Å². The lowest BCUT2D eigenvalue weighted by Crippen LogP contribution is -2.12. The van der Waals surface area contributed by atoms with E-state index in [1.807, 2.05) is 38.1 Å². The summed E-state index contributed by atoms with van der Waals surface area (Å²) in [5.74, 6) is 0.659. The van der Waals surface area contributed by atoms with Gasteiger partial charge in [0, 0.05) is 4.47 Å². The quantitative estimate of drug-likeness (QED) is 0.931. The molecule has 0 atom stereocenters. The van der Waals surface area contributed by atoms with E-state index in [1.54, 1.807) is 12.1 Å². The van der Waals surface area contributed by atoms with Crippen LogP contribution in [-0.4, -0.2) is 5.91 Å². The van der Waals surface area contributed by atoms with E-state index < -0.39 is 5.91 Å². The molecule has 98 valence electrons. The van der Waals surface area contributed by atoms with Gasteiger partial charge >= 0.3 is 0 Å². The Morgan fingerprint density at radius 1 is 1.16 bits per heavy atom. The summed E-state index contributed by atoms with van der Waals surface area (Å²) in [6.45, 7) is 3.91. The molecule has 4 heteroatoms. The Kier molecular flexibility index (Phi) is 3.90. The number of ether oxygens (including phenoxy) is 1. The molecule has 0 aliphatic heterocycles. The van der Waals surface area contributed by atoms with Crippen LogP contribution in [0.2, 0.25) is 0 Å². The van der Waals surface area contributed by atoms with Gasteiger partial charge in [-0.05, 0) is 55.3 Å². The van der Waals surface area contributed by atoms with E-state index in [4.69, 9.17) is 10.5 Å². The Bertz CT molecular complexity index is 638. The van der Waals surface area contributed by atoms with Gasteiger partial charge < -0.3 is 10.5 Å². The summed E-state index contributed by atoms with van der Waals surface area (Å²) >= 11 is 3.43. The zero-order chi connectivity index (χ0) is 14.0. The Morgan fingerprint density at radius 2 is 1.89 bits per heavy atom. The molecule has 1 amide bonds. The Labute approximate surface area is 120 Å². The van der Waals surface area contributed by atoms with Gasteiger partial charge in [-0.25, -0.2) is 0 Å². The molecule has 2 aromatic carbocycles. The zero-order valence-corrected chi connectivity index (χ0v) is 12.3. The highest BCUT2D eigenvalue weighted by Gasteiger charge is 2.10. The summed E-state index contributed by atoms with van der Waals surface area (Å²) < 4.78 is 6.78. The van der Waals surface area contributed by atoms with Crippen LogP contribution in [0.15, 0.2) is 40.9 Å². The molecule has 3 nitrogen and oxygen atoms in total. The molecule has 0 bridgehead atoms. The standard InChI is InChI=1S/C15H14BrNO2/c1-9-3-5-12(15(17)18)14(7-9)19-11-4-6-13(16)10(2)8-11/h3-8H,1-2H3,(H2,17,18). The molecule has 0 fully saturated rings. The summed E-state index contributed by atoms with van der Waals surface area (Å²) in [6.07, 6.45) is 0. The van der Waals surface area contributed by atoms with E-state index in [0.717, 1.165) is 15.6 Å². The number of aryl methyl sites for hydroxylation is 2. The number of halogens is 1. The number of carbonyl (C=O) groups excluding carboxylic acids is 1. The van der Waals surface area contributed by atoms with Crippen LogP contribution in [0, 0.1) is 13.8 Å². The number of hydrogen-bond acceptors (Lipinski definition) is 2. The second-order valence-corrected chi connectivity index (χ2v) is 5.23. The third-order valence-electron chi connectivity index (χ3n) is 2.76. The number of amides is 1. The van der Waals surface area contributed by atoms with Crippen LogP contribution in [0.1, 0.15) is 21.5 Å². The van der Waals surface area contributed by atoms with Crippen molar-refractivity contribution >= 4 is 21.8 Å². The average molecular weight is 320 g/mol. The van der Waals surface area contributed by atoms with Gasteiger partial charge in [0.1, 0.15) is 11.5 Å². The SMILES string of the molecule is Cc1ccc(C(N)=O)c(Oc2ccc(Br)c(C)c2)c1. The molecule has 0 aliphatic carbocycles. The first kappa shape index (κ1) is 13.6. The fourth-order valence-electron chi connectivity index (χ4n) is 1.73. The highest BCUT2D eigenvalue weighted by atomic mass is 79.9. The molecule has 0 saturated heterocycles. The van der Waals surface area contributed by atoms with Crippen molar-refractivity contribution in [3.05, 3.63) is 57.6 Å². The minimum atomic E-state index is -0.496. The molecule has 0 aliphatic rings. The van der Waals surface area contributed by atoms with Crippen molar-refractivity contribution in [2.45, 2.75) is 13.8 Å². The van der Waals surface area contributed by atoms with Gasteiger partial charge in [-0.15, -0.1) is 0 Å². The lowest BCUT2D eigenvalue weighted by Gasteiger charge is -2.11. The maximum Gasteiger partial charge on any atom is 0.252 e. The van der Waals surface area contributed by atoms with E-state index in [9.17, 15) is 4.79 Å². The Hall–Kier alpha value is -1.81. The van der Waals surface area contributed by atoms with Crippen LogP contribution in [-0.2, 0) is 0 Å². The minimum Gasteiger partial charge on any atom is -0.457 e. The summed E-state index contributed by atoms with van der Waals surface area (Å²) in [4.78, 5) is 11.4. The lowest BCUT2D eigenvalue weighted by atomic mass is 10.1. The fraction of sp³-hybridized carbons (Fsp3) is 0.133. The highest BCUT2D eigenvalue weighted by molar-refractivity contribution is 9.10. The molecule has 0 unspecified atom stereocenters. The van der Waals surface area contributed by atoms with Crippen molar-refractivity contribution in [2.75, 3.05) is 0 Å². The van der Waals surface area contributed by atoms with Crippen LogP contribution >= 0.6 is 15.9 Å². The number of rotatable bonds is 3. The largest absolute Gasteiger partial charge is 0.457 e. The van der Waals surface area contributed by atoms with Gasteiger partial charge in [0.25, 0.3) is 5.91 Å². The van der Waals surface area contributed by atoms with E-state index in [-0.39, 0.29) is 0 Å². The van der Waals surface area contributed by atoms with E-state index in [1.165, 1.54) is 0 Å². The van der Waals surface area contributed by atoms with Crippen LogP contribution in [0.3, 0.4) is 0 Å². The Balaban J connectivity index is 2.39. The third kappa shape index (κ3) is 3.15. The normalized spacial score (nSPS) is 10.3. The average Bonchev–Trinajstić information content (AvgIpc) is 2.33. The van der Waals surface area contributed by atoms with Crippen molar-refractivity contribution in [3.8, 4) is 11.5 Å². The summed E-state index contributed by atoms with van der Waals surface area (Å²) in [5.41, 5.74) is 7.80. The van der Waals surface area contributed by atoms with Crippen LogP contribution in [0.5, 0.6) is 11.5 Å². The van der Waals surface area contributed by atoms with Crippen molar-refractivity contribution in [3.63, 3.8) is 0 Å². The van der Waals surface area contributed by atoms with E-state index >= 15 is 0 Å². The van der Waals surface area contributed by atoms with Crippen molar-refractivity contribution in [1.29, 1.82) is 0 Å². The first-order chi connectivity index (χ1) is 8.97. The topological polar surface area (TPSA) is 52.3 Å². The van der Waals surface area contributed by atoms with Gasteiger partial charge in [0.15, 0.2) is 0 Å². The number of benzene rings is 2. The molecule has 19 heavy (non-hydrogen) atoms. The summed E-state index contributed by atoms with van der Waals surface area (Å²) in [5, 5.41) is 0. The summed E-state index contributed by atoms with van der Waals surface area (Å²) in [6, 6.07) is 11.0. The highest BCUT2D eigenvalue weighted by Crippen LogP contribution is 2.29. The number of hydrogen-bond donors (Lipinski definition) is 1. The number of carbonyl (C=O) groups is 1. The van der Waals surface area contributed by atoms with E-state index in [0.29, 0.717) is 17.1 Å². The lowest BCUT2D eigenvalue weighted by molar-refractivity contribution is 0.0998. The minimum absolute atomic E-state index is 0.381. The molecule has 2 aromatic rings. The fourth-order valence-corrected chi connectivity index (χ4v) is 1.97. The molecule has 2 N–H and O–H groups in total. The molecule has 0 heterocycles. The molecular formula is C15H14BrNO2. The molecule has 0 spiro atoms. The maximum absolute atomic E-state index is 11.4. The molecule has 0 saturated carbocycles. The molecule has 0 aromatic heterocycles. The second-order valence-electron chi connectivity index (χ2n) is 4.38.